The molecule has 0 aliphatic rings. The molecule has 0 atom stereocenters. The van der Waals surface area contributed by atoms with E-state index < -0.39 is 0 Å². The first-order chi connectivity index (χ1) is 11.2. The summed E-state index contributed by atoms with van der Waals surface area (Å²) < 4.78 is 6.57. The molecule has 0 fully saturated rings. The van der Waals surface area contributed by atoms with Crippen LogP contribution >= 0.6 is 23.1 Å². The molecule has 0 saturated carbocycles. The van der Waals surface area contributed by atoms with Crippen LogP contribution in [-0.2, 0) is 17.5 Å². The summed E-state index contributed by atoms with van der Waals surface area (Å²) in [6.45, 7) is 0. The van der Waals surface area contributed by atoms with Gasteiger partial charge in [0.15, 0.2) is 5.16 Å². The van der Waals surface area contributed by atoms with Crippen LogP contribution in [-0.4, -0.2) is 32.8 Å². The Labute approximate surface area is 141 Å². The molecule has 0 radical (unpaired) electrons. The third-order valence-corrected chi connectivity index (χ3v) is 5.13. The van der Waals surface area contributed by atoms with Crippen molar-refractivity contribution in [2.45, 2.75) is 10.9 Å². The molecule has 0 unspecified atom stereocenters. The summed E-state index contributed by atoms with van der Waals surface area (Å²) >= 11 is 3.18. The van der Waals surface area contributed by atoms with Crippen molar-refractivity contribution < 1.29 is 9.53 Å². The fourth-order valence-electron chi connectivity index (χ4n) is 1.91. The van der Waals surface area contributed by atoms with Gasteiger partial charge in [0.05, 0.1) is 18.4 Å². The average Bonchev–Trinajstić information content (AvgIpc) is 3.21. The summed E-state index contributed by atoms with van der Waals surface area (Å²) in [7, 11) is 3.29. The van der Waals surface area contributed by atoms with Gasteiger partial charge in [-0.3, -0.25) is 0 Å². The number of aromatic nitrogens is 4. The first kappa shape index (κ1) is 15.7. The highest BCUT2D eigenvalue weighted by Crippen LogP contribution is 2.27. The van der Waals surface area contributed by atoms with Crippen molar-refractivity contribution in [1.29, 1.82) is 0 Å². The number of hydrogen-bond acceptors (Lipinski definition) is 7. The first-order valence-electron chi connectivity index (χ1n) is 6.77. The second kappa shape index (κ2) is 6.93. The zero-order valence-electron chi connectivity index (χ0n) is 12.6. The van der Waals surface area contributed by atoms with E-state index in [0.717, 1.165) is 27.2 Å². The third kappa shape index (κ3) is 3.59. The van der Waals surface area contributed by atoms with E-state index in [9.17, 15) is 4.79 Å². The van der Waals surface area contributed by atoms with E-state index in [0.29, 0.717) is 5.56 Å². The predicted octanol–water partition coefficient (Wildman–Crippen LogP) is 3.02. The largest absolute Gasteiger partial charge is 0.465 e. The molecule has 8 heteroatoms. The van der Waals surface area contributed by atoms with Gasteiger partial charge in [-0.1, -0.05) is 23.9 Å². The van der Waals surface area contributed by atoms with E-state index in [1.807, 2.05) is 29.1 Å². The molecule has 0 bridgehead atoms. The average molecular weight is 346 g/mol. The van der Waals surface area contributed by atoms with Crippen LogP contribution in [0.1, 0.15) is 16.1 Å². The minimum atomic E-state index is -0.337. The number of benzene rings is 1. The Morgan fingerprint density at radius 2 is 2.13 bits per heavy atom. The number of rotatable bonds is 5. The lowest BCUT2D eigenvalue weighted by Gasteiger charge is -2.00. The van der Waals surface area contributed by atoms with Gasteiger partial charge in [0.25, 0.3) is 0 Å². The van der Waals surface area contributed by atoms with Crippen molar-refractivity contribution >= 4 is 29.1 Å². The highest BCUT2D eigenvalue weighted by atomic mass is 32.2. The number of thioether (sulfide) groups is 1. The van der Waals surface area contributed by atoms with Gasteiger partial charge in [0.2, 0.25) is 0 Å². The van der Waals surface area contributed by atoms with Gasteiger partial charge in [-0.25, -0.2) is 9.78 Å². The second-order valence-electron chi connectivity index (χ2n) is 4.73. The lowest BCUT2D eigenvalue weighted by Crippen LogP contribution is -2.00. The number of methoxy groups -OCH3 is 1. The van der Waals surface area contributed by atoms with E-state index >= 15 is 0 Å². The quantitative estimate of drug-likeness (QED) is 0.522. The fourth-order valence-corrected chi connectivity index (χ4v) is 3.63. The van der Waals surface area contributed by atoms with E-state index in [1.54, 1.807) is 41.6 Å². The second-order valence-corrected chi connectivity index (χ2v) is 6.53. The van der Waals surface area contributed by atoms with Crippen LogP contribution in [0.15, 0.2) is 41.1 Å². The highest BCUT2D eigenvalue weighted by molar-refractivity contribution is 7.98. The van der Waals surface area contributed by atoms with Crippen molar-refractivity contribution in [2.75, 3.05) is 7.11 Å². The maximum atomic E-state index is 11.4. The summed E-state index contributed by atoms with van der Waals surface area (Å²) in [4.78, 5) is 16.1. The Hall–Kier alpha value is -2.19. The minimum Gasteiger partial charge on any atom is -0.465 e. The molecule has 0 saturated heterocycles. The number of esters is 1. The van der Waals surface area contributed by atoms with Crippen LogP contribution in [0, 0.1) is 0 Å². The van der Waals surface area contributed by atoms with Crippen LogP contribution < -0.4 is 0 Å². The Bertz CT molecular complexity index is 811. The molecule has 6 nitrogen and oxygen atoms in total. The van der Waals surface area contributed by atoms with Crippen molar-refractivity contribution in [3.63, 3.8) is 0 Å². The van der Waals surface area contributed by atoms with Crippen molar-refractivity contribution in [3.8, 4) is 10.6 Å². The molecule has 0 N–H and O–H groups in total. The van der Waals surface area contributed by atoms with Gasteiger partial charge in [-0.2, -0.15) is 0 Å². The first-order valence-corrected chi connectivity index (χ1v) is 8.64. The molecule has 3 aromatic rings. The number of aryl methyl sites for hydroxylation is 1. The number of thiazole rings is 1. The predicted molar refractivity (Wildman–Crippen MR) is 89.5 cm³/mol. The summed E-state index contributed by atoms with van der Waals surface area (Å²) in [5.74, 6) is 0.403. The molecule has 2 heterocycles. The van der Waals surface area contributed by atoms with Crippen LogP contribution in [0.25, 0.3) is 10.6 Å². The SMILES string of the molecule is COC(=O)c1ccc(-c2nc(CSc3nncn3C)cs2)cc1. The van der Waals surface area contributed by atoms with Gasteiger partial charge >= 0.3 is 5.97 Å². The van der Waals surface area contributed by atoms with Gasteiger partial charge in [0, 0.05) is 23.7 Å². The Morgan fingerprint density at radius 1 is 1.35 bits per heavy atom. The summed E-state index contributed by atoms with van der Waals surface area (Å²) in [6, 6.07) is 7.25. The molecular weight excluding hydrogens is 332 g/mol. The van der Waals surface area contributed by atoms with Gasteiger partial charge in [-0.05, 0) is 12.1 Å². The zero-order valence-corrected chi connectivity index (χ0v) is 14.2. The van der Waals surface area contributed by atoms with Crippen LogP contribution in [0.5, 0.6) is 0 Å². The normalized spacial score (nSPS) is 10.7. The zero-order chi connectivity index (χ0) is 16.2. The number of ether oxygens (including phenoxy) is 1. The molecule has 0 amide bonds. The van der Waals surface area contributed by atoms with Gasteiger partial charge in [-0.15, -0.1) is 21.5 Å². The molecule has 23 heavy (non-hydrogen) atoms. The molecule has 0 aliphatic heterocycles. The van der Waals surface area contributed by atoms with Gasteiger partial charge < -0.3 is 9.30 Å². The highest BCUT2D eigenvalue weighted by Gasteiger charge is 2.09. The van der Waals surface area contributed by atoms with Crippen LogP contribution in [0.3, 0.4) is 0 Å². The standard InChI is InChI=1S/C15H14N4O2S2/c1-19-9-16-18-15(19)23-8-12-7-22-13(17-12)10-3-5-11(6-4-10)14(20)21-2/h3-7,9H,8H2,1-2H3. The Morgan fingerprint density at radius 3 is 2.78 bits per heavy atom. The Balaban J connectivity index is 1.69. The maximum Gasteiger partial charge on any atom is 0.337 e. The lowest BCUT2D eigenvalue weighted by molar-refractivity contribution is 0.0601. The fraction of sp³-hybridized carbons (Fsp3) is 0.200. The molecule has 118 valence electrons. The minimum absolute atomic E-state index is 0.337. The number of carbonyl (C=O) groups excluding carboxylic acids is 1. The number of nitrogens with zero attached hydrogens (tertiary/aromatic N) is 4. The maximum absolute atomic E-state index is 11.4. The number of hydrogen-bond donors (Lipinski definition) is 0. The van der Waals surface area contributed by atoms with Crippen LogP contribution in [0.2, 0.25) is 0 Å². The van der Waals surface area contributed by atoms with E-state index in [4.69, 9.17) is 4.74 Å². The summed E-state index contributed by atoms with van der Waals surface area (Å²) in [5.41, 5.74) is 2.51. The molecule has 3 rings (SSSR count). The monoisotopic (exact) mass is 346 g/mol. The van der Waals surface area contributed by atoms with Crippen molar-refractivity contribution in [3.05, 3.63) is 47.2 Å². The molecule has 2 aromatic heterocycles. The topological polar surface area (TPSA) is 69.9 Å². The van der Waals surface area contributed by atoms with Crippen LogP contribution in [0.4, 0.5) is 0 Å². The van der Waals surface area contributed by atoms with Crippen molar-refractivity contribution in [2.24, 2.45) is 7.05 Å². The summed E-state index contributed by atoms with van der Waals surface area (Å²) in [6.07, 6.45) is 1.68. The third-order valence-electron chi connectivity index (χ3n) is 3.12. The molecule has 0 spiro atoms. The molecule has 0 aliphatic carbocycles. The van der Waals surface area contributed by atoms with Crippen molar-refractivity contribution in [1.82, 2.24) is 19.7 Å². The van der Waals surface area contributed by atoms with E-state index in [-0.39, 0.29) is 5.97 Å². The van der Waals surface area contributed by atoms with E-state index in [2.05, 4.69) is 15.2 Å². The smallest absolute Gasteiger partial charge is 0.337 e. The molecule has 1 aromatic carbocycles. The Kier molecular flexibility index (Phi) is 4.73. The van der Waals surface area contributed by atoms with Gasteiger partial charge in [0.1, 0.15) is 11.3 Å². The lowest BCUT2D eigenvalue weighted by atomic mass is 10.1. The molecular formula is C15H14N4O2S2. The summed E-state index contributed by atoms with van der Waals surface area (Å²) in [5, 5.41) is 11.7. The number of carbonyl (C=O) groups is 1. The van der Waals surface area contributed by atoms with E-state index in [1.165, 1.54) is 7.11 Å².